The third-order valence-electron chi connectivity index (χ3n) is 13.5. The lowest BCUT2D eigenvalue weighted by Crippen LogP contribution is -2.61. The van der Waals surface area contributed by atoms with Gasteiger partial charge in [-0.1, -0.05) is 63.4 Å². The summed E-state index contributed by atoms with van der Waals surface area (Å²) in [6.45, 7) is 5.05. The molecule has 1 aromatic carbocycles. The Labute approximate surface area is 455 Å². The van der Waals surface area contributed by atoms with E-state index >= 15 is 0 Å². The Hall–Kier alpha value is -6.36. The molecule has 1 saturated heterocycles. The molecule has 78 heavy (non-hydrogen) atoms. The van der Waals surface area contributed by atoms with Gasteiger partial charge >= 0.3 is 0 Å². The van der Waals surface area contributed by atoms with E-state index in [1.54, 1.807) is 44.2 Å². The number of hydrogen-bond acceptors (Lipinski definition) is 17. The first-order valence-corrected chi connectivity index (χ1v) is 26.9. The molecular weight excluding hydrogens is 1010 g/mol. The highest BCUT2D eigenvalue weighted by atomic mass is 16.3. The standard InChI is InChI=1S/C51H87N15O12/c1-28(2)25-37-47(75)60-32(13-20-52)42(70)59-35(16-23-55)46(74)66-40(29(3)67)49(77)57-24-17-36(45(73)58-33(14-21-53)44(72)64-38(48(76)63-37)26-31-11-7-5-8-12-31)61-43(71)34(15-22-54)62-50(78)41(30(4)68)65-39(69)27-51(56)18-9-6-10-19-51/h5,7-8,11-12,28-30,32-38,40-41,67-68H,6,9-10,13-27,52-56H2,1-4H3,(H,57,77)(H,58,73)(H,59,70)(H,60,75)(H,61,71)(H,62,78)(H,63,76)(H,64,72)(H,65,69)(H,66,74)/t29?,30?,32-,33-,34-,35-,36-,37-,38+,40?,41-/m0/s1. The first-order chi connectivity index (χ1) is 36.9. The molecule has 0 spiro atoms. The zero-order valence-electron chi connectivity index (χ0n) is 45.4. The van der Waals surface area contributed by atoms with Gasteiger partial charge in [0.05, 0.1) is 12.2 Å². The molecule has 27 nitrogen and oxygen atoms in total. The summed E-state index contributed by atoms with van der Waals surface area (Å²) in [6.07, 6.45) is -0.446. The molecule has 3 unspecified atom stereocenters. The summed E-state index contributed by atoms with van der Waals surface area (Å²) in [5.74, 6) is -8.98. The van der Waals surface area contributed by atoms with E-state index in [2.05, 4.69) is 53.2 Å². The molecule has 11 atom stereocenters. The van der Waals surface area contributed by atoms with Crippen LogP contribution in [-0.2, 0) is 54.4 Å². The van der Waals surface area contributed by atoms with Gasteiger partial charge in [0.15, 0.2) is 0 Å². The number of hydrogen-bond donors (Lipinski definition) is 17. The number of nitrogens with one attached hydrogen (secondary N) is 10. The van der Waals surface area contributed by atoms with Gasteiger partial charge in [0.25, 0.3) is 0 Å². The summed E-state index contributed by atoms with van der Waals surface area (Å²) in [5, 5.41) is 47.0. The van der Waals surface area contributed by atoms with Gasteiger partial charge < -0.3 is 92.0 Å². The third kappa shape index (κ3) is 21.8. The highest BCUT2D eigenvalue weighted by Gasteiger charge is 2.38. The van der Waals surface area contributed by atoms with Crippen molar-refractivity contribution in [3.05, 3.63) is 35.9 Å². The van der Waals surface area contributed by atoms with Crippen molar-refractivity contribution in [2.75, 3.05) is 32.7 Å². The second kappa shape index (κ2) is 33.2. The average molecular weight is 1100 g/mol. The van der Waals surface area contributed by atoms with Gasteiger partial charge in [-0.3, -0.25) is 47.9 Å². The molecule has 1 aliphatic carbocycles. The molecule has 2 fully saturated rings. The molecule has 10 amide bonds. The van der Waals surface area contributed by atoms with Crippen LogP contribution in [0.1, 0.15) is 110 Å². The van der Waals surface area contributed by atoms with Crippen LogP contribution in [0.2, 0.25) is 0 Å². The quantitative estimate of drug-likeness (QED) is 0.0546. The molecule has 22 N–H and O–H groups in total. The van der Waals surface area contributed by atoms with E-state index in [1.165, 1.54) is 13.8 Å². The number of rotatable bonds is 21. The fourth-order valence-corrected chi connectivity index (χ4v) is 9.16. The predicted molar refractivity (Wildman–Crippen MR) is 287 cm³/mol. The van der Waals surface area contributed by atoms with Crippen LogP contribution in [0, 0.1) is 5.92 Å². The van der Waals surface area contributed by atoms with E-state index in [-0.39, 0.29) is 77.0 Å². The van der Waals surface area contributed by atoms with Gasteiger partial charge in [0.1, 0.15) is 54.4 Å². The predicted octanol–water partition coefficient (Wildman–Crippen LogP) is -5.63. The number of amides is 10. The Morgan fingerprint density at radius 2 is 1.13 bits per heavy atom. The monoisotopic (exact) mass is 1100 g/mol. The van der Waals surface area contributed by atoms with Crippen molar-refractivity contribution < 1.29 is 58.2 Å². The molecule has 1 aromatic rings. The molecule has 438 valence electrons. The number of aliphatic hydroxyl groups excluding tert-OH is 2. The number of carbonyl (C=O) groups excluding carboxylic acids is 10. The molecule has 0 radical (unpaired) electrons. The van der Waals surface area contributed by atoms with Crippen molar-refractivity contribution in [2.45, 2.75) is 183 Å². The number of carbonyl (C=O) groups is 10. The third-order valence-corrected chi connectivity index (χ3v) is 13.5. The molecule has 1 saturated carbocycles. The summed E-state index contributed by atoms with van der Waals surface area (Å²) in [6, 6.07) is -4.59. The van der Waals surface area contributed by atoms with Crippen molar-refractivity contribution in [3.8, 4) is 0 Å². The van der Waals surface area contributed by atoms with Crippen molar-refractivity contribution >= 4 is 59.1 Å². The van der Waals surface area contributed by atoms with E-state index in [4.69, 9.17) is 28.7 Å². The molecule has 0 aromatic heterocycles. The SMILES string of the molecule is CC(C)C[C@@H]1NC(=O)[C@@H](Cc2ccccc2)NC(=O)[C@H](CCN)NC(=O)[C@@H](NC(=O)[C@H](CCN)NC(=O)[C@@H](NC(=O)CC2(N)CCCCC2)C(C)O)CCNC(=O)C(C(C)O)NC(=O)[C@H](CCN)NC(=O)[C@H](CCN)NC1=O. The Bertz CT molecular complexity index is 2160. The maximum Gasteiger partial charge on any atom is 0.245 e. The molecule has 2 aliphatic rings. The fourth-order valence-electron chi connectivity index (χ4n) is 9.16. The maximum atomic E-state index is 14.4. The minimum Gasteiger partial charge on any atom is -0.391 e. The van der Waals surface area contributed by atoms with Crippen molar-refractivity contribution in [1.82, 2.24) is 53.2 Å². The fraction of sp³-hybridized carbons (Fsp3) is 0.686. The van der Waals surface area contributed by atoms with Crippen LogP contribution in [0.4, 0.5) is 0 Å². The molecule has 0 bridgehead atoms. The van der Waals surface area contributed by atoms with Crippen LogP contribution in [0.3, 0.4) is 0 Å². The minimum absolute atomic E-state index is 0.0589. The first-order valence-electron chi connectivity index (χ1n) is 26.9. The van der Waals surface area contributed by atoms with Crippen LogP contribution in [-0.4, -0.2) is 174 Å². The Balaban J connectivity index is 2.09. The lowest BCUT2D eigenvalue weighted by atomic mass is 9.80. The van der Waals surface area contributed by atoms with Gasteiger partial charge in [-0.05, 0) is 103 Å². The lowest BCUT2D eigenvalue weighted by molar-refractivity contribution is -0.136. The average Bonchev–Trinajstić information content (AvgIpc) is 3.37. The second-order valence-corrected chi connectivity index (χ2v) is 20.7. The molecule has 1 aliphatic heterocycles. The molecule has 3 rings (SSSR count). The topological polar surface area (TPSA) is 462 Å². The summed E-state index contributed by atoms with van der Waals surface area (Å²) < 4.78 is 0. The lowest BCUT2D eigenvalue weighted by Gasteiger charge is -2.33. The Kier molecular flexibility index (Phi) is 28.0. The van der Waals surface area contributed by atoms with E-state index in [1.807, 2.05) is 0 Å². The van der Waals surface area contributed by atoms with Gasteiger partial charge in [0, 0.05) is 24.9 Å². The van der Waals surface area contributed by atoms with Crippen LogP contribution in [0.25, 0.3) is 0 Å². The Morgan fingerprint density at radius 3 is 1.64 bits per heavy atom. The smallest absolute Gasteiger partial charge is 0.245 e. The van der Waals surface area contributed by atoms with Gasteiger partial charge in [-0.2, -0.15) is 0 Å². The van der Waals surface area contributed by atoms with E-state index in [0.717, 1.165) is 19.3 Å². The van der Waals surface area contributed by atoms with Crippen LogP contribution in [0.5, 0.6) is 0 Å². The molecule has 1 heterocycles. The molecule has 27 heteroatoms. The zero-order chi connectivity index (χ0) is 58.1. The minimum atomic E-state index is -1.66. The summed E-state index contributed by atoms with van der Waals surface area (Å²) in [5.41, 5.74) is 29.8. The summed E-state index contributed by atoms with van der Waals surface area (Å²) >= 11 is 0. The van der Waals surface area contributed by atoms with Crippen LogP contribution < -0.4 is 81.8 Å². The van der Waals surface area contributed by atoms with Gasteiger partial charge in [0.2, 0.25) is 59.1 Å². The van der Waals surface area contributed by atoms with Crippen molar-refractivity contribution in [3.63, 3.8) is 0 Å². The second-order valence-electron chi connectivity index (χ2n) is 20.7. The molecular formula is C51H87N15O12. The number of nitrogens with two attached hydrogens (primary N) is 5. The van der Waals surface area contributed by atoms with Crippen LogP contribution in [0.15, 0.2) is 30.3 Å². The van der Waals surface area contributed by atoms with Gasteiger partial charge in [-0.25, -0.2) is 0 Å². The van der Waals surface area contributed by atoms with E-state index in [9.17, 15) is 58.2 Å². The van der Waals surface area contributed by atoms with Gasteiger partial charge in [-0.15, -0.1) is 0 Å². The highest BCUT2D eigenvalue weighted by molar-refractivity contribution is 5.99. The number of benzene rings is 1. The highest BCUT2D eigenvalue weighted by Crippen LogP contribution is 2.28. The summed E-state index contributed by atoms with van der Waals surface area (Å²) in [4.78, 5) is 140. The number of aliphatic hydroxyl groups is 2. The van der Waals surface area contributed by atoms with Crippen molar-refractivity contribution in [1.29, 1.82) is 0 Å². The normalized spacial score (nSPS) is 25.0. The summed E-state index contributed by atoms with van der Waals surface area (Å²) in [7, 11) is 0. The first kappa shape index (κ1) is 65.9. The van der Waals surface area contributed by atoms with E-state index in [0.29, 0.717) is 18.4 Å². The van der Waals surface area contributed by atoms with Crippen LogP contribution >= 0.6 is 0 Å². The zero-order valence-corrected chi connectivity index (χ0v) is 45.4. The largest absolute Gasteiger partial charge is 0.391 e. The Morgan fingerprint density at radius 1 is 0.628 bits per heavy atom. The van der Waals surface area contributed by atoms with E-state index < -0.39 is 144 Å². The maximum absolute atomic E-state index is 14.4. The van der Waals surface area contributed by atoms with Crippen molar-refractivity contribution in [2.24, 2.45) is 34.6 Å².